The molecule has 0 aromatic heterocycles. The van der Waals surface area contributed by atoms with Gasteiger partial charge in [-0.05, 0) is 12.1 Å². The van der Waals surface area contributed by atoms with Gasteiger partial charge >= 0.3 is 6.18 Å². The van der Waals surface area contributed by atoms with E-state index in [1.807, 2.05) is 0 Å². The maximum atomic E-state index is 12.9. The fourth-order valence-corrected chi connectivity index (χ4v) is 3.15. The van der Waals surface area contributed by atoms with Crippen molar-refractivity contribution in [1.82, 2.24) is 15.1 Å². The summed E-state index contributed by atoms with van der Waals surface area (Å²) in [5, 5.41) is 2.66. The highest BCUT2D eigenvalue weighted by Crippen LogP contribution is 2.31. The lowest BCUT2D eigenvalue weighted by Crippen LogP contribution is -2.63. The summed E-state index contributed by atoms with van der Waals surface area (Å²) >= 11 is 0. The fourth-order valence-electron chi connectivity index (χ4n) is 3.15. The number of hydrogen-bond acceptors (Lipinski definition) is 3. The molecule has 3 aliphatic heterocycles. The highest BCUT2D eigenvalue weighted by Gasteiger charge is 2.35. The SMILES string of the molecule is O=C(NCC1CN2CCN1CC2)c1ccccc1C(F)(F)F. The third kappa shape index (κ3) is 3.10. The summed E-state index contributed by atoms with van der Waals surface area (Å²) in [6, 6.07) is 5.08. The standard InChI is InChI=1S/C15H18F3N3O/c16-15(17,18)13-4-2-1-3-12(13)14(22)19-9-11-10-20-5-7-21(11)8-6-20/h1-4,11H,5-10H2,(H,19,22). The highest BCUT2D eigenvalue weighted by atomic mass is 19.4. The lowest BCUT2D eigenvalue weighted by Gasteiger charge is -2.47. The number of alkyl halides is 3. The van der Waals surface area contributed by atoms with Crippen molar-refractivity contribution in [3.63, 3.8) is 0 Å². The Hall–Kier alpha value is -1.60. The minimum Gasteiger partial charge on any atom is -0.350 e. The largest absolute Gasteiger partial charge is 0.417 e. The van der Waals surface area contributed by atoms with E-state index in [4.69, 9.17) is 0 Å². The van der Waals surface area contributed by atoms with Gasteiger partial charge in [0.15, 0.2) is 0 Å². The molecule has 1 N–H and O–H groups in total. The van der Waals surface area contributed by atoms with Gasteiger partial charge < -0.3 is 5.32 Å². The first-order valence-electron chi connectivity index (χ1n) is 7.36. The van der Waals surface area contributed by atoms with Crippen LogP contribution in [0.2, 0.25) is 0 Å². The molecule has 0 saturated carbocycles. The molecule has 3 saturated heterocycles. The van der Waals surface area contributed by atoms with Crippen molar-refractivity contribution >= 4 is 5.91 Å². The van der Waals surface area contributed by atoms with Crippen molar-refractivity contribution in [2.45, 2.75) is 12.2 Å². The number of amides is 1. The zero-order valence-electron chi connectivity index (χ0n) is 12.1. The number of benzene rings is 1. The summed E-state index contributed by atoms with van der Waals surface area (Å²) in [6.45, 7) is 5.21. The second kappa shape index (κ2) is 5.89. The minimum absolute atomic E-state index is 0.185. The van der Waals surface area contributed by atoms with E-state index in [0.29, 0.717) is 6.54 Å². The second-order valence-corrected chi connectivity index (χ2v) is 5.74. The van der Waals surface area contributed by atoms with Crippen molar-refractivity contribution in [3.8, 4) is 0 Å². The van der Waals surface area contributed by atoms with Crippen LogP contribution in [0.1, 0.15) is 15.9 Å². The predicted molar refractivity (Wildman–Crippen MR) is 75.6 cm³/mol. The van der Waals surface area contributed by atoms with E-state index < -0.39 is 17.6 Å². The molecule has 1 unspecified atom stereocenters. The number of nitrogens with one attached hydrogen (secondary N) is 1. The molecular weight excluding hydrogens is 295 g/mol. The average Bonchev–Trinajstić information content (AvgIpc) is 2.53. The Balaban J connectivity index is 1.66. The molecule has 120 valence electrons. The molecular formula is C15H18F3N3O. The summed E-state index contributed by atoms with van der Waals surface area (Å²) in [5.41, 5.74) is -1.20. The van der Waals surface area contributed by atoms with Crippen LogP contribution in [-0.4, -0.2) is 61.0 Å². The molecule has 4 nitrogen and oxygen atoms in total. The third-order valence-electron chi connectivity index (χ3n) is 4.37. The molecule has 1 aromatic rings. The van der Waals surface area contributed by atoms with Crippen molar-refractivity contribution in [2.75, 3.05) is 39.3 Å². The summed E-state index contributed by atoms with van der Waals surface area (Å²) in [5.74, 6) is -0.662. The van der Waals surface area contributed by atoms with Gasteiger partial charge in [-0.3, -0.25) is 14.6 Å². The highest BCUT2D eigenvalue weighted by molar-refractivity contribution is 5.95. The quantitative estimate of drug-likeness (QED) is 0.917. The molecule has 0 radical (unpaired) electrons. The number of carbonyl (C=O) groups is 1. The summed E-state index contributed by atoms with van der Waals surface area (Å²) in [4.78, 5) is 16.7. The van der Waals surface area contributed by atoms with Crippen molar-refractivity contribution < 1.29 is 18.0 Å². The average molecular weight is 313 g/mol. The Morgan fingerprint density at radius 3 is 2.45 bits per heavy atom. The number of piperazine rings is 3. The van der Waals surface area contributed by atoms with Crippen LogP contribution in [0.15, 0.2) is 24.3 Å². The number of nitrogens with zero attached hydrogens (tertiary/aromatic N) is 2. The lowest BCUT2D eigenvalue weighted by atomic mass is 10.1. The van der Waals surface area contributed by atoms with E-state index in [0.717, 1.165) is 38.8 Å². The second-order valence-electron chi connectivity index (χ2n) is 5.74. The van der Waals surface area contributed by atoms with Crippen molar-refractivity contribution in [1.29, 1.82) is 0 Å². The Kier molecular flexibility index (Phi) is 4.10. The van der Waals surface area contributed by atoms with E-state index in [2.05, 4.69) is 15.1 Å². The molecule has 22 heavy (non-hydrogen) atoms. The van der Waals surface area contributed by atoms with Gasteiger partial charge in [0.2, 0.25) is 0 Å². The van der Waals surface area contributed by atoms with Gasteiger partial charge in [0.25, 0.3) is 5.91 Å². The maximum Gasteiger partial charge on any atom is 0.417 e. The molecule has 3 aliphatic rings. The monoisotopic (exact) mass is 313 g/mol. The molecule has 1 aromatic carbocycles. The Morgan fingerprint density at radius 2 is 1.86 bits per heavy atom. The number of fused-ring (bicyclic) bond motifs is 3. The van der Waals surface area contributed by atoms with Crippen molar-refractivity contribution in [3.05, 3.63) is 35.4 Å². The Labute approximate surface area is 126 Å². The molecule has 1 atom stereocenters. The summed E-state index contributed by atoms with van der Waals surface area (Å²) in [6.07, 6.45) is -4.52. The van der Waals surface area contributed by atoms with E-state index in [1.54, 1.807) is 0 Å². The van der Waals surface area contributed by atoms with Crippen LogP contribution in [0.3, 0.4) is 0 Å². The number of hydrogen-bond donors (Lipinski definition) is 1. The maximum absolute atomic E-state index is 12.9. The Bertz CT molecular complexity index is 553. The van der Waals surface area contributed by atoms with E-state index in [-0.39, 0.29) is 11.6 Å². The zero-order valence-corrected chi connectivity index (χ0v) is 12.1. The van der Waals surface area contributed by atoms with E-state index in [9.17, 15) is 18.0 Å². The first kappa shape index (κ1) is 15.3. The molecule has 3 heterocycles. The number of halogens is 3. The van der Waals surface area contributed by atoms with Gasteiger partial charge in [0.05, 0.1) is 11.1 Å². The number of carbonyl (C=O) groups excluding carboxylic acids is 1. The molecule has 0 aliphatic carbocycles. The van der Waals surface area contributed by atoms with Crippen LogP contribution >= 0.6 is 0 Å². The normalized spacial score (nSPS) is 27.7. The van der Waals surface area contributed by atoms with Crippen LogP contribution < -0.4 is 5.32 Å². The van der Waals surface area contributed by atoms with Gasteiger partial charge in [-0.1, -0.05) is 12.1 Å². The van der Waals surface area contributed by atoms with Gasteiger partial charge in [0, 0.05) is 45.3 Å². The molecule has 3 fully saturated rings. The summed E-state index contributed by atoms with van der Waals surface area (Å²) < 4.78 is 38.8. The van der Waals surface area contributed by atoms with Gasteiger partial charge in [-0.2, -0.15) is 13.2 Å². The molecule has 4 rings (SSSR count). The first-order chi connectivity index (χ1) is 10.4. The van der Waals surface area contributed by atoms with Gasteiger partial charge in [-0.15, -0.1) is 0 Å². The van der Waals surface area contributed by atoms with Crippen LogP contribution in [0.25, 0.3) is 0 Å². The molecule has 7 heteroatoms. The van der Waals surface area contributed by atoms with Crippen LogP contribution in [0.4, 0.5) is 13.2 Å². The lowest BCUT2D eigenvalue weighted by molar-refractivity contribution is -0.137. The first-order valence-corrected chi connectivity index (χ1v) is 7.36. The van der Waals surface area contributed by atoms with E-state index in [1.165, 1.54) is 18.2 Å². The smallest absolute Gasteiger partial charge is 0.350 e. The van der Waals surface area contributed by atoms with Crippen LogP contribution in [0.5, 0.6) is 0 Å². The van der Waals surface area contributed by atoms with Gasteiger partial charge in [0.1, 0.15) is 0 Å². The summed E-state index contributed by atoms with van der Waals surface area (Å²) in [7, 11) is 0. The van der Waals surface area contributed by atoms with Gasteiger partial charge in [-0.25, -0.2) is 0 Å². The Morgan fingerprint density at radius 1 is 1.18 bits per heavy atom. The van der Waals surface area contributed by atoms with Crippen molar-refractivity contribution in [2.24, 2.45) is 0 Å². The fraction of sp³-hybridized carbons (Fsp3) is 0.533. The zero-order chi connectivity index (χ0) is 15.7. The number of rotatable bonds is 3. The molecule has 1 amide bonds. The predicted octanol–water partition coefficient (Wildman–Crippen LogP) is 1.44. The van der Waals surface area contributed by atoms with E-state index >= 15 is 0 Å². The van der Waals surface area contributed by atoms with Crippen LogP contribution in [0, 0.1) is 0 Å². The topological polar surface area (TPSA) is 35.6 Å². The minimum atomic E-state index is -4.52. The third-order valence-corrected chi connectivity index (χ3v) is 4.37. The molecule has 0 spiro atoms. The molecule has 2 bridgehead atoms. The van der Waals surface area contributed by atoms with Crippen LogP contribution in [-0.2, 0) is 6.18 Å².